The van der Waals surface area contributed by atoms with Gasteiger partial charge in [0.05, 0.1) is 17.8 Å². The van der Waals surface area contributed by atoms with E-state index in [2.05, 4.69) is 29.4 Å². The van der Waals surface area contributed by atoms with E-state index in [1.54, 1.807) is 0 Å². The number of para-hydroxylation sites is 1. The van der Waals surface area contributed by atoms with Gasteiger partial charge in [-0.1, -0.05) is 17.3 Å². The van der Waals surface area contributed by atoms with Gasteiger partial charge in [0.15, 0.2) is 0 Å². The lowest BCUT2D eigenvalue weighted by Gasteiger charge is -2.08. The fraction of sp³-hybridized carbons (Fsp3) is 0.200. The summed E-state index contributed by atoms with van der Waals surface area (Å²) < 4.78 is 7.53. The first-order valence-corrected chi connectivity index (χ1v) is 6.40. The lowest BCUT2D eigenvalue weighted by molar-refractivity contribution is 0.354. The average Bonchev–Trinajstić information content (AvgIpc) is 3.04. The van der Waals surface area contributed by atoms with Gasteiger partial charge in [0.25, 0.3) is 0 Å². The molecule has 94 valence electrons. The molecule has 0 saturated carbocycles. The number of benzene rings is 2. The quantitative estimate of drug-likeness (QED) is 0.667. The van der Waals surface area contributed by atoms with Crippen LogP contribution in [0.4, 0.5) is 0 Å². The van der Waals surface area contributed by atoms with Crippen LogP contribution in [0.5, 0.6) is 5.75 Å². The van der Waals surface area contributed by atoms with Crippen LogP contribution in [0.3, 0.4) is 0 Å². The van der Waals surface area contributed by atoms with E-state index in [1.807, 2.05) is 28.9 Å². The molecule has 0 saturated heterocycles. The Balaban J connectivity index is 1.95. The van der Waals surface area contributed by atoms with Gasteiger partial charge < -0.3 is 4.74 Å². The van der Waals surface area contributed by atoms with Gasteiger partial charge in [-0.2, -0.15) is 0 Å². The van der Waals surface area contributed by atoms with E-state index < -0.39 is 0 Å². The largest absolute Gasteiger partial charge is 0.493 e. The summed E-state index contributed by atoms with van der Waals surface area (Å²) in [6, 6.07) is 12.2. The Kier molecular flexibility index (Phi) is 2.12. The minimum atomic E-state index is 0.776. The van der Waals surface area contributed by atoms with Crippen LogP contribution >= 0.6 is 0 Å². The van der Waals surface area contributed by atoms with Gasteiger partial charge in [0, 0.05) is 6.42 Å². The third-order valence-electron chi connectivity index (χ3n) is 3.55. The summed E-state index contributed by atoms with van der Waals surface area (Å²) in [5.41, 5.74) is 5.41. The maximum atomic E-state index is 5.64. The third kappa shape index (κ3) is 1.53. The van der Waals surface area contributed by atoms with E-state index in [4.69, 9.17) is 4.74 Å². The third-order valence-corrected chi connectivity index (χ3v) is 3.55. The van der Waals surface area contributed by atoms with Crippen molar-refractivity contribution >= 4 is 11.0 Å². The van der Waals surface area contributed by atoms with Crippen LogP contribution < -0.4 is 4.74 Å². The molecule has 0 atom stereocenters. The highest BCUT2D eigenvalue weighted by molar-refractivity contribution is 5.76. The highest BCUT2D eigenvalue weighted by atomic mass is 16.5. The predicted molar refractivity (Wildman–Crippen MR) is 72.8 cm³/mol. The lowest BCUT2D eigenvalue weighted by atomic mass is 10.1. The van der Waals surface area contributed by atoms with E-state index >= 15 is 0 Å². The fourth-order valence-corrected chi connectivity index (χ4v) is 2.66. The van der Waals surface area contributed by atoms with Gasteiger partial charge in [0.1, 0.15) is 11.3 Å². The predicted octanol–water partition coefficient (Wildman–Crippen LogP) is 2.66. The molecule has 4 heteroatoms. The molecule has 1 aromatic heterocycles. The molecule has 0 fully saturated rings. The Bertz CT molecular complexity index is 776. The number of aryl methyl sites for hydroxylation is 1. The molecule has 0 spiro atoms. The summed E-state index contributed by atoms with van der Waals surface area (Å²) >= 11 is 0. The SMILES string of the molecule is Cc1cc(-n2nnc3ccccc32)cc2c1OCC2. The molecule has 2 aromatic carbocycles. The first-order chi connectivity index (χ1) is 9.33. The molecule has 0 aliphatic carbocycles. The van der Waals surface area contributed by atoms with Crippen LogP contribution in [0, 0.1) is 6.92 Å². The first kappa shape index (κ1) is 10.6. The van der Waals surface area contributed by atoms with Crippen LogP contribution in [-0.2, 0) is 6.42 Å². The van der Waals surface area contributed by atoms with Gasteiger partial charge >= 0.3 is 0 Å². The molecule has 0 amide bonds. The number of fused-ring (bicyclic) bond motifs is 2. The number of hydrogen-bond donors (Lipinski definition) is 0. The number of ether oxygens (including phenoxy) is 1. The van der Waals surface area contributed by atoms with E-state index in [1.165, 1.54) is 5.56 Å². The minimum Gasteiger partial charge on any atom is -0.493 e. The number of aromatic nitrogens is 3. The normalized spacial score (nSPS) is 13.5. The summed E-state index contributed by atoms with van der Waals surface area (Å²) in [7, 11) is 0. The molecular weight excluding hydrogens is 238 g/mol. The van der Waals surface area contributed by atoms with Crippen molar-refractivity contribution in [1.29, 1.82) is 0 Å². The van der Waals surface area contributed by atoms with Gasteiger partial charge in [-0.05, 0) is 42.3 Å². The smallest absolute Gasteiger partial charge is 0.125 e. The first-order valence-electron chi connectivity index (χ1n) is 6.40. The second-order valence-corrected chi connectivity index (χ2v) is 4.84. The van der Waals surface area contributed by atoms with Crippen LogP contribution in [0.1, 0.15) is 11.1 Å². The van der Waals surface area contributed by atoms with Gasteiger partial charge in [-0.25, -0.2) is 4.68 Å². The van der Waals surface area contributed by atoms with Crippen LogP contribution in [0.25, 0.3) is 16.7 Å². The molecule has 0 radical (unpaired) electrons. The second kappa shape index (κ2) is 3.82. The van der Waals surface area contributed by atoms with E-state index in [0.29, 0.717) is 0 Å². The molecule has 0 unspecified atom stereocenters. The summed E-state index contributed by atoms with van der Waals surface area (Å²) in [5.74, 6) is 1.04. The Morgan fingerprint density at radius 2 is 2.11 bits per heavy atom. The molecule has 2 heterocycles. The Hall–Kier alpha value is -2.36. The molecule has 0 bridgehead atoms. The van der Waals surface area contributed by atoms with E-state index in [-0.39, 0.29) is 0 Å². The maximum absolute atomic E-state index is 5.64. The van der Waals surface area contributed by atoms with Gasteiger partial charge in [0.2, 0.25) is 0 Å². The zero-order valence-corrected chi connectivity index (χ0v) is 10.6. The zero-order chi connectivity index (χ0) is 12.8. The van der Waals surface area contributed by atoms with E-state index in [0.717, 1.165) is 41.1 Å². The highest BCUT2D eigenvalue weighted by Gasteiger charge is 2.17. The van der Waals surface area contributed by atoms with Crippen LogP contribution in [0.15, 0.2) is 36.4 Å². The number of hydrogen-bond acceptors (Lipinski definition) is 3. The highest BCUT2D eigenvalue weighted by Crippen LogP contribution is 2.32. The number of nitrogens with zero attached hydrogens (tertiary/aromatic N) is 3. The van der Waals surface area contributed by atoms with Gasteiger partial charge in [-0.3, -0.25) is 0 Å². The lowest BCUT2D eigenvalue weighted by Crippen LogP contribution is -1.98. The molecule has 3 aromatic rings. The van der Waals surface area contributed by atoms with E-state index in [9.17, 15) is 0 Å². The average molecular weight is 251 g/mol. The molecule has 4 nitrogen and oxygen atoms in total. The molecule has 4 rings (SSSR count). The second-order valence-electron chi connectivity index (χ2n) is 4.84. The summed E-state index contributed by atoms with van der Waals surface area (Å²) in [5, 5.41) is 8.46. The molecule has 1 aliphatic heterocycles. The maximum Gasteiger partial charge on any atom is 0.125 e. The van der Waals surface area contributed by atoms with Crippen molar-refractivity contribution in [2.24, 2.45) is 0 Å². The molecule has 19 heavy (non-hydrogen) atoms. The molecule has 1 aliphatic rings. The van der Waals surface area contributed by atoms with Crippen molar-refractivity contribution < 1.29 is 4.74 Å². The van der Waals surface area contributed by atoms with Crippen molar-refractivity contribution in [1.82, 2.24) is 15.0 Å². The van der Waals surface area contributed by atoms with Crippen LogP contribution in [0.2, 0.25) is 0 Å². The fourth-order valence-electron chi connectivity index (χ4n) is 2.66. The zero-order valence-electron chi connectivity index (χ0n) is 10.6. The standard InChI is InChI=1S/C15H13N3O/c1-10-8-12(9-11-6-7-19-15(10)11)18-14-5-3-2-4-13(14)16-17-18/h2-5,8-9H,6-7H2,1H3. The van der Waals surface area contributed by atoms with Crippen molar-refractivity contribution in [3.05, 3.63) is 47.5 Å². The van der Waals surface area contributed by atoms with Crippen molar-refractivity contribution in [2.75, 3.05) is 6.61 Å². The summed E-state index contributed by atoms with van der Waals surface area (Å²) in [6.45, 7) is 2.85. The minimum absolute atomic E-state index is 0.776. The number of rotatable bonds is 1. The topological polar surface area (TPSA) is 39.9 Å². The van der Waals surface area contributed by atoms with Crippen molar-refractivity contribution in [3.63, 3.8) is 0 Å². The summed E-state index contributed by atoms with van der Waals surface area (Å²) in [4.78, 5) is 0. The molecular formula is C15H13N3O. The summed E-state index contributed by atoms with van der Waals surface area (Å²) in [6.07, 6.45) is 0.969. The van der Waals surface area contributed by atoms with Gasteiger partial charge in [-0.15, -0.1) is 5.10 Å². The molecule has 0 N–H and O–H groups in total. The Morgan fingerprint density at radius 1 is 1.21 bits per heavy atom. The Labute approximate surface area is 110 Å². The monoisotopic (exact) mass is 251 g/mol. The Morgan fingerprint density at radius 3 is 3.05 bits per heavy atom. The van der Waals surface area contributed by atoms with Crippen LogP contribution in [-0.4, -0.2) is 21.6 Å². The van der Waals surface area contributed by atoms with Crippen molar-refractivity contribution in [2.45, 2.75) is 13.3 Å². The van der Waals surface area contributed by atoms with Crippen molar-refractivity contribution in [3.8, 4) is 11.4 Å².